The minimum absolute atomic E-state index is 0.296. The summed E-state index contributed by atoms with van der Waals surface area (Å²) < 4.78 is 0. The Hall–Kier alpha value is -3.43. The van der Waals surface area contributed by atoms with Gasteiger partial charge in [0.25, 0.3) is 6.20 Å². The standard InChI is InChI=1S/C11H12N4O2.C4H6O4/c16-15(17)9-11-13-4-1-7-14(11)8-10-2-5-12-6-3-10;5-3(6)1-2-4(7)8/h1-3,5-7,9,13H,4,8H2;1-2H2,(H,5,6)(H,7,8). The first kappa shape index (κ1) is 19.6. The summed E-state index contributed by atoms with van der Waals surface area (Å²) in [6.45, 7) is 1.18. The van der Waals surface area contributed by atoms with Gasteiger partial charge >= 0.3 is 11.9 Å². The molecule has 1 aromatic rings. The van der Waals surface area contributed by atoms with E-state index < -0.39 is 16.9 Å². The maximum atomic E-state index is 10.5. The van der Waals surface area contributed by atoms with Gasteiger partial charge in [0.05, 0.1) is 17.8 Å². The summed E-state index contributed by atoms with van der Waals surface area (Å²) in [5.74, 6) is -1.66. The van der Waals surface area contributed by atoms with E-state index in [-0.39, 0.29) is 12.8 Å². The molecule has 1 aliphatic heterocycles. The summed E-state index contributed by atoms with van der Waals surface area (Å²) in [5.41, 5.74) is 1.04. The first-order chi connectivity index (χ1) is 11.9. The lowest BCUT2D eigenvalue weighted by molar-refractivity contribution is -0.404. The Kier molecular flexibility index (Phi) is 8.13. The molecular formula is C15H18N4O6. The number of hydrogen-bond acceptors (Lipinski definition) is 7. The number of carboxylic acid groups (broad SMARTS) is 2. The van der Waals surface area contributed by atoms with Crippen LogP contribution in [0, 0.1) is 10.1 Å². The second-order valence-corrected chi connectivity index (χ2v) is 4.84. The van der Waals surface area contributed by atoms with E-state index in [1.807, 2.05) is 24.4 Å². The molecule has 0 amide bonds. The second kappa shape index (κ2) is 10.4. The summed E-state index contributed by atoms with van der Waals surface area (Å²) >= 11 is 0. The first-order valence-electron chi connectivity index (χ1n) is 7.23. The van der Waals surface area contributed by atoms with Crippen LogP contribution < -0.4 is 5.32 Å². The molecule has 3 N–H and O–H groups in total. The van der Waals surface area contributed by atoms with Crippen molar-refractivity contribution in [3.8, 4) is 0 Å². The van der Waals surface area contributed by atoms with E-state index in [1.54, 1.807) is 17.3 Å². The average Bonchev–Trinajstić information content (AvgIpc) is 2.56. The Morgan fingerprint density at radius 1 is 1.28 bits per heavy atom. The lowest BCUT2D eigenvalue weighted by atomic mass is 10.2. The van der Waals surface area contributed by atoms with Crippen LogP contribution in [0.2, 0.25) is 0 Å². The normalized spacial score (nSPS) is 14.2. The molecule has 2 rings (SSSR count). The van der Waals surface area contributed by atoms with Crippen molar-refractivity contribution in [1.29, 1.82) is 0 Å². The topological polar surface area (TPSA) is 146 Å². The first-order valence-corrected chi connectivity index (χ1v) is 7.23. The summed E-state index contributed by atoms with van der Waals surface area (Å²) in [5, 5.41) is 29.3. The highest BCUT2D eigenvalue weighted by molar-refractivity contribution is 5.75. The summed E-state index contributed by atoms with van der Waals surface area (Å²) in [6, 6.07) is 3.76. The van der Waals surface area contributed by atoms with Crippen LogP contribution in [0.5, 0.6) is 0 Å². The van der Waals surface area contributed by atoms with Crippen molar-refractivity contribution in [3.05, 3.63) is 64.5 Å². The monoisotopic (exact) mass is 350 g/mol. The zero-order valence-corrected chi connectivity index (χ0v) is 13.2. The third-order valence-electron chi connectivity index (χ3n) is 2.88. The quantitative estimate of drug-likeness (QED) is 0.505. The number of nitro groups is 1. The number of hydrogen-bond donors (Lipinski definition) is 3. The second-order valence-electron chi connectivity index (χ2n) is 4.84. The molecule has 1 aliphatic rings. The Morgan fingerprint density at radius 2 is 1.88 bits per heavy atom. The molecule has 0 unspecified atom stereocenters. The molecule has 134 valence electrons. The summed E-state index contributed by atoms with van der Waals surface area (Å²) in [7, 11) is 0. The van der Waals surface area contributed by atoms with Crippen LogP contribution in [0.3, 0.4) is 0 Å². The molecule has 2 heterocycles. The lowest BCUT2D eigenvalue weighted by Crippen LogP contribution is -2.32. The molecule has 0 fully saturated rings. The molecule has 0 aliphatic carbocycles. The molecule has 0 aromatic carbocycles. The SMILES string of the molecule is O=C(O)CCC(=O)O.O=[N+]([O-])C=C1NCC=CN1Cc1ccncc1. The summed E-state index contributed by atoms with van der Waals surface area (Å²) in [4.78, 5) is 35.0. The number of aliphatic carboxylic acids is 2. The zero-order chi connectivity index (χ0) is 18.7. The van der Waals surface area contributed by atoms with Crippen LogP contribution in [0.25, 0.3) is 0 Å². The van der Waals surface area contributed by atoms with E-state index in [2.05, 4.69) is 10.3 Å². The molecule has 10 nitrogen and oxygen atoms in total. The van der Waals surface area contributed by atoms with Gasteiger partial charge < -0.3 is 20.4 Å². The van der Waals surface area contributed by atoms with Crippen LogP contribution in [0.15, 0.2) is 48.8 Å². The third kappa shape index (κ3) is 8.69. The number of nitrogens with one attached hydrogen (secondary N) is 1. The number of pyridine rings is 1. The van der Waals surface area contributed by atoms with Crippen molar-refractivity contribution < 1.29 is 24.7 Å². The number of carboxylic acids is 2. The van der Waals surface area contributed by atoms with Gasteiger partial charge in [0.15, 0.2) is 5.82 Å². The van der Waals surface area contributed by atoms with Crippen LogP contribution in [0.1, 0.15) is 18.4 Å². The molecule has 1 aromatic heterocycles. The van der Waals surface area contributed by atoms with Gasteiger partial charge in [0, 0.05) is 31.7 Å². The van der Waals surface area contributed by atoms with Crippen LogP contribution in [-0.2, 0) is 16.1 Å². The van der Waals surface area contributed by atoms with Gasteiger partial charge in [0.1, 0.15) is 0 Å². The number of aromatic nitrogens is 1. The zero-order valence-electron chi connectivity index (χ0n) is 13.2. The van der Waals surface area contributed by atoms with E-state index in [9.17, 15) is 19.7 Å². The van der Waals surface area contributed by atoms with Gasteiger partial charge in [-0.05, 0) is 23.8 Å². The van der Waals surface area contributed by atoms with E-state index in [0.717, 1.165) is 11.8 Å². The highest BCUT2D eigenvalue weighted by atomic mass is 16.6. The van der Waals surface area contributed by atoms with Crippen molar-refractivity contribution in [2.24, 2.45) is 0 Å². The fourth-order valence-corrected chi connectivity index (χ4v) is 1.78. The molecule has 0 atom stereocenters. The van der Waals surface area contributed by atoms with Crippen molar-refractivity contribution in [2.45, 2.75) is 19.4 Å². The molecule has 25 heavy (non-hydrogen) atoms. The Labute approximate surface area is 143 Å². The van der Waals surface area contributed by atoms with Gasteiger partial charge in [-0.1, -0.05) is 0 Å². The van der Waals surface area contributed by atoms with Gasteiger partial charge in [0.2, 0.25) is 0 Å². The average molecular weight is 350 g/mol. The largest absolute Gasteiger partial charge is 0.481 e. The Morgan fingerprint density at radius 3 is 2.40 bits per heavy atom. The predicted molar refractivity (Wildman–Crippen MR) is 86.5 cm³/mol. The highest BCUT2D eigenvalue weighted by Crippen LogP contribution is 2.12. The maximum Gasteiger partial charge on any atom is 0.303 e. The summed E-state index contributed by atoms with van der Waals surface area (Å²) in [6.07, 6.45) is 7.54. The number of carbonyl (C=O) groups is 2. The molecule has 0 bridgehead atoms. The number of nitrogens with zero attached hydrogens (tertiary/aromatic N) is 3. The molecule has 10 heteroatoms. The van der Waals surface area contributed by atoms with E-state index >= 15 is 0 Å². The van der Waals surface area contributed by atoms with Gasteiger partial charge in [-0.15, -0.1) is 0 Å². The lowest BCUT2D eigenvalue weighted by Gasteiger charge is -2.25. The molecule has 0 radical (unpaired) electrons. The fraction of sp³-hybridized carbons (Fsp3) is 0.267. The third-order valence-corrected chi connectivity index (χ3v) is 2.88. The van der Waals surface area contributed by atoms with Crippen molar-refractivity contribution in [1.82, 2.24) is 15.2 Å². The van der Waals surface area contributed by atoms with Gasteiger partial charge in [-0.2, -0.15) is 0 Å². The van der Waals surface area contributed by atoms with Crippen molar-refractivity contribution >= 4 is 11.9 Å². The van der Waals surface area contributed by atoms with E-state index in [0.29, 0.717) is 18.9 Å². The predicted octanol–water partition coefficient (Wildman–Crippen LogP) is 1.01. The van der Waals surface area contributed by atoms with Crippen LogP contribution in [0.4, 0.5) is 0 Å². The van der Waals surface area contributed by atoms with Crippen LogP contribution >= 0.6 is 0 Å². The Bertz CT molecular complexity index is 645. The minimum atomic E-state index is -1.08. The smallest absolute Gasteiger partial charge is 0.303 e. The van der Waals surface area contributed by atoms with Gasteiger partial charge in [-0.3, -0.25) is 24.7 Å². The molecule has 0 saturated heterocycles. The maximum absolute atomic E-state index is 10.5. The minimum Gasteiger partial charge on any atom is -0.481 e. The number of rotatable bonds is 6. The molecular weight excluding hydrogens is 332 g/mol. The Balaban J connectivity index is 0.000000333. The molecule has 0 spiro atoms. The van der Waals surface area contributed by atoms with Crippen LogP contribution in [-0.4, -0.2) is 43.5 Å². The molecule has 0 saturated carbocycles. The van der Waals surface area contributed by atoms with Crippen molar-refractivity contribution in [2.75, 3.05) is 6.54 Å². The highest BCUT2D eigenvalue weighted by Gasteiger charge is 2.13. The van der Waals surface area contributed by atoms with Gasteiger partial charge in [-0.25, -0.2) is 0 Å². The fourth-order valence-electron chi connectivity index (χ4n) is 1.78. The van der Waals surface area contributed by atoms with Crippen molar-refractivity contribution in [3.63, 3.8) is 0 Å². The van der Waals surface area contributed by atoms with E-state index in [1.165, 1.54) is 0 Å². The van der Waals surface area contributed by atoms with E-state index in [4.69, 9.17) is 10.2 Å².